The number of anilines is 1. The van der Waals surface area contributed by atoms with Crippen LogP contribution in [-0.4, -0.2) is 37.7 Å². The maximum absolute atomic E-state index is 4.48. The fourth-order valence-corrected chi connectivity index (χ4v) is 3.20. The van der Waals surface area contributed by atoms with Crippen molar-refractivity contribution in [1.82, 2.24) is 24.6 Å². The standard InChI is InChI=1S/C17H14N6/c1-2-6-14-13(5-1)17(19-11-18-14)22-9-12(10-22)16-21-20-15-7-3-4-8-23(15)16/h1-8,11-12H,9-10H2. The van der Waals surface area contributed by atoms with E-state index in [1.807, 2.05) is 42.6 Å². The monoisotopic (exact) mass is 302 g/mol. The van der Waals surface area contributed by atoms with E-state index in [0.29, 0.717) is 5.92 Å². The average Bonchev–Trinajstić information content (AvgIpc) is 2.98. The van der Waals surface area contributed by atoms with Crippen molar-refractivity contribution in [2.75, 3.05) is 18.0 Å². The molecule has 0 aliphatic carbocycles. The fourth-order valence-electron chi connectivity index (χ4n) is 3.20. The first-order valence-corrected chi connectivity index (χ1v) is 7.64. The van der Waals surface area contributed by atoms with Gasteiger partial charge in [0.2, 0.25) is 0 Å². The Bertz CT molecular complexity index is 997. The Morgan fingerprint density at radius 2 is 1.78 bits per heavy atom. The summed E-state index contributed by atoms with van der Waals surface area (Å²) in [7, 11) is 0. The van der Waals surface area contributed by atoms with Crippen LogP contribution in [0, 0.1) is 0 Å². The number of benzene rings is 1. The van der Waals surface area contributed by atoms with Gasteiger partial charge in [0.1, 0.15) is 18.0 Å². The van der Waals surface area contributed by atoms with Gasteiger partial charge in [0.15, 0.2) is 5.65 Å². The molecule has 0 saturated carbocycles. The zero-order valence-electron chi connectivity index (χ0n) is 12.4. The van der Waals surface area contributed by atoms with Gasteiger partial charge in [-0.15, -0.1) is 10.2 Å². The number of aromatic nitrogens is 5. The van der Waals surface area contributed by atoms with Gasteiger partial charge in [-0.3, -0.25) is 4.40 Å². The topological polar surface area (TPSA) is 59.2 Å². The second kappa shape index (κ2) is 4.74. The van der Waals surface area contributed by atoms with E-state index in [0.717, 1.165) is 41.3 Å². The molecule has 0 N–H and O–H groups in total. The minimum Gasteiger partial charge on any atom is -0.354 e. The van der Waals surface area contributed by atoms with Gasteiger partial charge in [-0.2, -0.15) is 0 Å². The van der Waals surface area contributed by atoms with Gasteiger partial charge >= 0.3 is 0 Å². The summed E-state index contributed by atoms with van der Waals surface area (Å²) in [5.74, 6) is 2.40. The summed E-state index contributed by atoms with van der Waals surface area (Å²) in [6, 6.07) is 14.1. The van der Waals surface area contributed by atoms with Crippen molar-refractivity contribution in [2.24, 2.45) is 0 Å². The van der Waals surface area contributed by atoms with Crippen LogP contribution in [0.5, 0.6) is 0 Å². The van der Waals surface area contributed by atoms with Crippen LogP contribution in [-0.2, 0) is 0 Å². The summed E-state index contributed by atoms with van der Waals surface area (Å²) < 4.78 is 2.07. The Kier molecular flexibility index (Phi) is 2.58. The molecule has 0 amide bonds. The minimum atomic E-state index is 0.376. The van der Waals surface area contributed by atoms with Crippen LogP contribution in [0.2, 0.25) is 0 Å². The van der Waals surface area contributed by atoms with Gasteiger partial charge in [0.25, 0.3) is 0 Å². The summed E-state index contributed by atoms with van der Waals surface area (Å²) in [6.07, 6.45) is 3.66. The van der Waals surface area contributed by atoms with E-state index < -0.39 is 0 Å². The van der Waals surface area contributed by atoms with Crippen LogP contribution in [0.1, 0.15) is 11.7 Å². The molecule has 5 rings (SSSR count). The Morgan fingerprint density at radius 3 is 2.74 bits per heavy atom. The number of pyridine rings is 1. The molecule has 1 aliphatic heterocycles. The minimum absolute atomic E-state index is 0.376. The molecule has 1 saturated heterocycles. The van der Waals surface area contributed by atoms with Gasteiger partial charge in [-0.1, -0.05) is 18.2 Å². The van der Waals surface area contributed by atoms with E-state index >= 15 is 0 Å². The predicted molar refractivity (Wildman–Crippen MR) is 87.5 cm³/mol. The molecule has 1 aromatic carbocycles. The third-order valence-corrected chi connectivity index (χ3v) is 4.41. The zero-order chi connectivity index (χ0) is 15.2. The van der Waals surface area contributed by atoms with E-state index in [1.54, 1.807) is 6.33 Å². The van der Waals surface area contributed by atoms with Gasteiger partial charge in [0, 0.05) is 24.7 Å². The molecular weight excluding hydrogens is 288 g/mol. The van der Waals surface area contributed by atoms with Crippen molar-refractivity contribution in [2.45, 2.75) is 5.92 Å². The van der Waals surface area contributed by atoms with Crippen molar-refractivity contribution < 1.29 is 0 Å². The van der Waals surface area contributed by atoms with E-state index in [-0.39, 0.29) is 0 Å². The molecule has 0 atom stereocenters. The van der Waals surface area contributed by atoms with Crippen molar-refractivity contribution >= 4 is 22.4 Å². The number of hydrogen-bond donors (Lipinski definition) is 0. The first-order valence-electron chi connectivity index (χ1n) is 7.64. The van der Waals surface area contributed by atoms with Gasteiger partial charge in [-0.25, -0.2) is 9.97 Å². The molecule has 0 spiro atoms. The molecule has 4 heterocycles. The van der Waals surface area contributed by atoms with Crippen LogP contribution in [0.15, 0.2) is 55.0 Å². The van der Waals surface area contributed by atoms with Gasteiger partial charge < -0.3 is 4.90 Å². The number of nitrogens with zero attached hydrogens (tertiary/aromatic N) is 6. The molecule has 112 valence electrons. The van der Waals surface area contributed by atoms with Crippen LogP contribution in [0.25, 0.3) is 16.6 Å². The van der Waals surface area contributed by atoms with Crippen molar-refractivity contribution in [3.05, 3.63) is 60.8 Å². The first kappa shape index (κ1) is 12.5. The largest absolute Gasteiger partial charge is 0.354 e. The van der Waals surface area contributed by atoms with Crippen LogP contribution >= 0.6 is 0 Å². The Morgan fingerprint density at radius 1 is 0.913 bits per heavy atom. The number of rotatable bonds is 2. The lowest BCUT2D eigenvalue weighted by Crippen LogP contribution is -2.46. The molecule has 1 fully saturated rings. The Labute approximate surface area is 132 Å². The van der Waals surface area contributed by atoms with E-state index in [1.165, 1.54) is 0 Å². The number of fused-ring (bicyclic) bond motifs is 2. The Hall–Kier alpha value is -3.02. The quantitative estimate of drug-likeness (QED) is 0.568. The first-order chi connectivity index (χ1) is 11.4. The highest BCUT2D eigenvalue weighted by atomic mass is 15.3. The van der Waals surface area contributed by atoms with Crippen molar-refractivity contribution in [1.29, 1.82) is 0 Å². The number of hydrogen-bond acceptors (Lipinski definition) is 5. The van der Waals surface area contributed by atoms with Crippen molar-refractivity contribution in [3.8, 4) is 0 Å². The van der Waals surface area contributed by atoms with Gasteiger partial charge in [0.05, 0.1) is 11.4 Å². The van der Waals surface area contributed by atoms with E-state index in [9.17, 15) is 0 Å². The highest BCUT2D eigenvalue weighted by molar-refractivity contribution is 5.89. The van der Waals surface area contributed by atoms with Crippen LogP contribution in [0.4, 0.5) is 5.82 Å². The lowest BCUT2D eigenvalue weighted by Gasteiger charge is -2.39. The molecule has 0 unspecified atom stereocenters. The van der Waals surface area contributed by atoms with E-state index in [2.05, 4.69) is 35.5 Å². The summed E-state index contributed by atoms with van der Waals surface area (Å²) in [4.78, 5) is 11.1. The van der Waals surface area contributed by atoms with Crippen molar-refractivity contribution in [3.63, 3.8) is 0 Å². The lowest BCUT2D eigenvalue weighted by atomic mass is 9.98. The molecule has 6 heteroatoms. The second-order valence-electron chi connectivity index (χ2n) is 5.80. The summed E-state index contributed by atoms with van der Waals surface area (Å²) in [5, 5.41) is 9.70. The third kappa shape index (κ3) is 1.88. The SMILES string of the molecule is c1ccc2c(N3CC(c4nnc5ccccn45)C3)ncnc2c1. The zero-order valence-corrected chi connectivity index (χ0v) is 12.4. The smallest absolute Gasteiger partial charge is 0.160 e. The third-order valence-electron chi connectivity index (χ3n) is 4.41. The molecule has 4 aromatic rings. The lowest BCUT2D eigenvalue weighted by molar-refractivity contribution is 0.494. The molecule has 0 radical (unpaired) electrons. The average molecular weight is 302 g/mol. The predicted octanol–water partition coefficient (Wildman–Crippen LogP) is 2.28. The molecular formula is C17H14N6. The summed E-state index contributed by atoms with van der Waals surface area (Å²) in [6.45, 7) is 1.80. The fraction of sp³-hybridized carbons (Fsp3) is 0.176. The van der Waals surface area contributed by atoms with E-state index in [4.69, 9.17) is 0 Å². The normalized spacial score (nSPS) is 15.2. The molecule has 6 nitrogen and oxygen atoms in total. The Balaban J connectivity index is 1.46. The molecule has 1 aliphatic rings. The maximum Gasteiger partial charge on any atom is 0.160 e. The highest BCUT2D eigenvalue weighted by Gasteiger charge is 2.33. The van der Waals surface area contributed by atoms with Crippen LogP contribution in [0.3, 0.4) is 0 Å². The molecule has 0 bridgehead atoms. The summed E-state index contributed by atoms with van der Waals surface area (Å²) in [5.41, 5.74) is 1.88. The number of para-hydroxylation sites is 1. The maximum atomic E-state index is 4.48. The molecule has 3 aromatic heterocycles. The van der Waals surface area contributed by atoms with Gasteiger partial charge in [-0.05, 0) is 24.3 Å². The highest BCUT2D eigenvalue weighted by Crippen LogP contribution is 2.33. The second-order valence-corrected chi connectivity index (χ2v) is 5.80. The summed E-state index contributed by atoms with van der Waals surface area (Å²) >= 11 is 0. The van der Waals surface area contributed by atoms with Crippen LogP contribution < -0.4 is 4.90 Å². The molecule has 23 heavy (non-hydrogen) atoms.